The summed E-state index contributed by atoms with van der Waals surface area (Å²) in [4.78, 5) is 20.3. The van der Waals surface area contributed by atoms with Crippen molar-refractivity contribution in [3.05, 3.63) is 82.7 Å². The molecular formula is C29H35N3O4. The summed E-state index contributed by atoms with van der Waals surface area (Å²) in [5.74, 6) is 1.66. The molecule has 0 spiro atoms. The molecule has 0 bridgehead atoms. The number of rotatable bonds is 9. The average Bonchev–Trinajstić information content (AvgIpc) is 2.90. The number of phenolic OH excluding ortho intramolecular Hbond substituents is 1. The maximum absolute atomic E-state index is 13.1. The highest BCUT2D eigenvalue weighted by Crippen LogP contribution is 2.33. The molecule has 0 atom stereocenters. The first-order valence-electron chi connectivity index (χ1n) is 12.4. The number of aromatic nitrogens is 1. The van der Waals surface area contributed by atoms with E-state index < -0.39 is 0 Å². The van der Waals surface area contributed by atoms with Gasteiger partial charge in [-0.25, -0.2) is 0 Å². The third kappa shape index (κ3) is 5.97. The molecule has 0 radical (unpaired) electrons. The van der Waals surface area contributed by atoms with Crippen LogP contribution in [0.1, 0.15) is 51.6 Å². The van der Waals surface area contributed by atoms with E-state index in [-0.39, 0.29) is 17.6 Å². The summed E-state index contributed by atoms with van der Waals surface area (Å²) < 4.78 is 10.7. The predicted molar refractivity (Wildman–Crippen MR) is 140 cm³/mol. The molecule has 4 rings (SSSR count). The fourth-order valence-corrected chi connectivity index (χ4v) is 4.86. The SMILES string of the molecule is COc1ccccc1CCNC(=O)c1ccc(C)nc1C1CCN(Cc2cccc(OC)c2O)CC1. The van der Waals surface area contributed by atoms with Gasteiger partial charge < -0.3 is 19.9 Å². The molecule has 7 heteroatoms. The molecule has 7 nitrogen and oxygen atoms in total. The number of hydrogen-bond donors (Lipinski definition) is 2. The molecule has 1 fully saturated rings. The number of hydrogen-bond acceptors (Lipinski definition) is 6. The predicted octanol–water partition coefficient (Wildman–Crippen LogP) is 4.46. The standard InChI is InChI=1S/C29H35N3O4/c1-20-11-12-24(29(34)30-16-13-21-7-4-5-9-25(21)35-2)27(31-20)22-14-17-32(18-15-22)19-23-8-6-10-26(36-3)28(23)33/h4-12,22,33H,13-19H2,1-3H3,(H,30,34). The fraction of sp³-hybridized carbons (Fsp3) is 0.379. The van der Waals surface area contributed by atoms with Crippen LogP contribution in [0.4, 0.5) is 0 Å². The molecule has 2 aromatic carbocycles. The van der Waals surface area contributed by atoms with E-state index in [0.29, 0.717) is 30.8 Å². The number of piperidine rings is 1. The lowest BCUT2D eigenvalue weighted by molar-refractivity contribution is 0.0951. The number of nitrogens with zero attached hydrogens (tertiary/aromatic N) is 2. The van der Waals surface area contributed by atoms with Gasteiger partial charge in [0.05, 0.1) is 25.5 Å². The lowest BCUT2D eigenvalue weighted by Crippen LogP contribution is -2.34. The Morgan fingerprint density at radius 3 is 2.44 bits per heavy atom. The zero-order chi connectivity index (χ0) is 25.5. The van der Waals surface area contributed by atoms with E-state index in [1.807, 2.05) is 55.5 Å². The summed E-state index contributed by atoms with van der Waals surface area (Å²) in [5.41, 5.74) is 4.38. The van der Waals surface area contributed by atoms with Gasteiger partial charge in [-0.2, -0.15) is 0 Å². The second kappa shape index (κ2) is 11.9. The van der Waals surface area contributed by atoms with Crippen molar-refractivity contribution in [2.24, 2.45) is 0 Å². The number of nitrogens with one attached hydrogen (secondary N) is 1. The molecule has 190 valence electrons. The van der Waals surface area contributed by atoms with Crippen molar-refractivity contribution in [1.29, 1.82) is 0 Å². The van der Waals surface area contributed by atoms with E-state index in [9.17, 15) is 9.90 Å². The number of carbonyl (C=O) groups excluding carboxylic acids is 1. The Morgan fingerprint density at radius 1 is 1.00 bits per heavy atom. The monoisotopic (exact) mass is 489 g/mol. The van der Waals surface area contributed by atoms with Crippen molar-refractivity contribution >= 4 is 5.91 Å². The lowest BCUT2D eigenvalue weighted by atomic mass is 9.89. The van der Waals surface area contributed by atoms with Crippen LogP contribution in [-0.2, 0) is 13.0 Å². The summed E-state index contributed by atoms with van der Waals surface area (Å²) in [6, 6.07) is 17.3. The number of methoxy groups -OCH3 is 2. The molecule has 2 N–H and O–H groups in total. The number of amides is 1. The summed E-state index contributed by atoms with van der Waals surface area (Å²) >= 11 is 0. The van der Waals surface area contributed by atoms with Gasteiger partial charge in [-0.1, -0.05) is 30.3 Å². The Hall–Kier alpha value is -3.58. The van der Waals surface area contributed by atoms with Gasteiger partial charge in [0.25, 0.3) is 5.91 Å². The summed E-state index contributed by atoms with van der Waals surface area (Å²) in [7, 11) is 3.22. The number of benzene rings is 2. The first-order valence-corrected chi connectivity index (χ1v) is 12.4. The number of aromatic hydroxyl groups is 1. The Bertz CT molecular complexity index is 1190. The van der Waals surface area contributed by atoms with Crippen molar-refractivity contribution in [2.75, 3.05) is 33.9 Å². The summed E-state index contributed by atoms with van der Waals surface area (Å²) in [6.07, 6.45) is 2.51. The quantitative estimate of drug-likeness (QED) is 0.462. The number of aryl methyl sites for hydroxylation is 1. The van der Waals surface area contributed by atoms with E-state index in [1.54, 1.807) is 20.3 Å². The topological polar surface area (TPSA) is 83.9 Å². The number of carbonyl (C=O) groups is 1. The normalized spacial score (nSPS) is 14.4. The zero-order valence-corrected chi connectivity index (χ0v) is 21.3. The summed E-state index contributed by atoms with van der Waals surface area (Å²) in [6.45, 7) is 4.88. The highest BCUT2D eigenvalue weighted by Gasteiger charge is 2.26. The number of pyridine rings is 1. The first-order chi connectivity index (χ1) is 17.5. The van der Waals surface area contributed by atoms with Crippen LogP contribution in [-0.4, -0.2) is 54.8 Å². The highest BCUT2D eigenvalue weighted by atomic mass is 16.5. The number of para-hydroxylation sites is 2. The molecular weight excluding hydrogens is 454 g/mol. The highest BCUT2D eigenvalue weighted by molar-refractivity contribution is 5.95. The lowest BCUT2D eigenvalue weighted by Gasteiger charge is -2.32. The molecule has 1 amide bonds. The maximum atomic E-state index is 13.1. The van der Waals surface area contributed by atoms with E-state index in [1.165, 1.54) is 0 Å². The molecule has 0 saturated carbocycles. The first kappa shape index (κ1) is 25.5. The zero-order valence-electron chi connectivity index (χ0n) is 21.3. The smallest absolute Gasteiger partial charge is 0.253 e. The van der Waals surface area contributed by atoms with Gasteiger partial charge in [0.2, 0.25) is 0 Å². The van der Waals surface area contributed by atoms with Gasteiger partial charge in [-0.05, 0) is 69.1 Å². The Kier molecular flexibility index (Phi) is 8.44. The third-order valence-electron chi connectivity index (χ3n) is 6.85. The maximum Gasteiger partial charge on any atom is 0.253 e. The molecule has 0 aliphatic carbocycles. The largest absolute Gasteiger partial charge is 0.504 e. The van der Waals surface area contributed by atoms with Crippen LogP contribution in [0.2, 0.25) is 0 Å². The Labute approximate surface area is 213 Å². The third-order valence-corrected chi connectivity index (χ3v) is 6.85. The van der Waals surface area contributed by atoms with Crippen molar-refractivity contribution in [3.8, 4) is 17.2 Å². The van der Waals surface area contributed by atoms with Gasteiger partial charge in [0.1, 0.15) is 5.75 Å². The minimum Gasteiger partial charge on any atom is -0.504 e. The molecule has 0 unspecified atom stereocenters. The summed E-state index contributed by atoms with van der Waals surface area (Å²) in [5, 5.41) is 13.5. The van der Waals surface area contributed by atoms with Gasteiger partial charge >= 0.3 is 0 Å². The Balaban J connectivity index is 1.38. The van der Waals surface area contributed by atoms with E-state index in [4.69, 9.17) is 14.5 Å². The van der Waals surface area contributed by atoms with E-state index in [2.05, 4.69) is 10.2 Å². The van der Waals surface area contributed by atoms with Gasteiger partial charge in [0, 0.05) is 30.3 Å². The average molecular weight is 490 g/mol. The van der Waals surface area contributed by atoms with Crippen molar-refractivity contribution in [3.63, 3.8) is 0 Å². The van der Waals surface area contributed by atoms with Crippen LogP contribution >= 0.6 is 0 Å². The van der Waals surface area contributed by atoms with Gasteiger partial charge in [-0.3, -0.25) is 14.7 Å². The van der Waals surface area contributed by atoms with Crippen molar-refractivity contribution < 1.29 is 19.4 Å². The fourth-order valence-electron chi connectivity index (χ4n) is 4.86. The molecule has 36 heavy (non-hydrogen) atoms. The molecule has 1 saturated heterocycles. The molecule has 1 aromatic heterocycles. The van der Waals surface area contributed by atoms with Crippen LogP contribution in [0, 0.1) is 6.92 Å². The minimum absolute atomic E-state index is 0.0869. The number of phenols is 1. The van der Waals surface area contributed by atoms with Crippen LogP contribution in [0.5, 0.6) is 17.2 Å². The van der Waals surface area contributed by atoms with Crippen LogP contribution in [0.3, 0.4) is 0 Å². The number of likely N-dealkylation sites (tertiary alicyclic amines) is 1. The van der Waals surface area contributed by atoms with Gasteiger partial charge in [-0.15, -0.1) is 0 Å². The van der Waals surface area contributed by atoms with Gasteiger partial charge in [0.15, 0.2) is 11.5 Å². The van der Waals surface area contributed by atoms with E-state index in [0.717, 1.165) is 54.2 Å². The molecule has 1 aliphatic rings. The van der Waals surface area contributed by atoms with Crippen molar-refractivity contribution in [2.45, 2.75) is 38.6 Å². The molecule has 3 aromatic rings. The number of ether oxygens (including phenoxy) is 2. The second-order valence-corrected chi connectivity index (χ2v) is 9.22. The van der Waals surface area contributed by atoms with Crippen LogP contribution in [0.25, 0.3) is 0 Å². The molecule has 1 aliphatic heterocycles. The van der Waals surface area contributed by atoms with Crippen molar-refractivity contribution in [1.82, 2.24) is 15.2 Å². The second-order valence-electron chi connectivity index (χ2n) is 9.22. The Morgan fingerprint density at radius 2 is 1.69 bits per heavy atom. The van der Waals surface area contributed by atoms with Crippen LogP contribution < -0.4 is 14.8 Å². The van der Waals surface area contributed by atoms with E-state index >= 15 is 0 Å². The molecule has 2 heterocycles. The van der Waals surface area contributed by atoms with Crippen LogP contribution in [0.15, 0.2) is 54.6 Å². The minimum atomic E-state index is -0.0869.